The van der Waals surface area contributed by atoms with Crippen LogP contribution in [0.1, 0.15) is 5.56 Å². The summed E-state index contributed by atoms with van der Waals surface area (Å²) in [7, 11) is 0. The Balaban J connectivity index is 1.87. The van der Waals surface area contributed by atoms with Gasteiger partial charge in [-0.05, 0) is 48.6 Å². The predicted molar refractivity (Wildman–Crippen MR) is 116 cm³/mol. The minimum Gasteiger partial charge on any atom is -0.340 e. The summed E-state index contributed by atoms with van der Waals surface area (Å²) in [5.41, 5.74) is 2.48. The Kier molecular flexibility index (Phi) is 6.23. The third-order valence-electron chi connectivity index (χ3n) is 3.48. The largest absolute Gasteiger partial charge is 0.340 e. The molecule has 2 N–H and O–H groups in total. The zero-order valence-electron chi connectivity index (χ0n) is 13.6. The van der Waals surface area contributed by atoms with Crippen LogP contribution in [0.2, 0.25) is 10.0 Å². The number of para-hydroxylation sites is 1. The molecule has 6 heteroatoms. The van der Waals surface area contributed by atoms with Crippen LogP contribution in [-0.4, -0.2) is 10.9 Å². The first-order valence-corrected chi connectivity index (χ1v) is 9.00. The molecule has 0 aromatic heterocycles. The number of amidine groups is 1. The predicted octanol–water partition coefficient (Wildman–Crippen LogP) is 6.25. The topological polar surface area (TPSA) is 36.4 Å². The summed E-state index contributed by atoms with van der Waals surface area (Å²) in [5, 5.41) is 7.90. The van der Waals surface area contributed by atoms with Crippen LogP contribution in [-0.2, 0) is 0 Å². The van der Waals surface area contributed by atoms with Gasteiger partial charge in [0.2, 0.25) is 0 Å². The molecular weight excluding hydrogens is 385 g/mol. The van der Waals surface area contributed by atoms with Gasteiger partial charge in [-0.25, -0.2) is 4.99 Å². The van der Waals surface area contributed by atoms with Crippen LogP contribution in [0.25, 0.3) is 0 Å². The molecule has 3 rings (SSSR count). The molecule has 0 aliphatic heterocycles. The number of benzene rings is 3. The Labute approximate surface area is 167 Å². The first kappa shape index (κ1) is 18.4. The Morgan fingerprint density at radius 1 is 0.769 bits per heavy atom. The van der Waals surface area contributed by atoms with Crippen molar-refractivity contribution in [2.24, 2.45) is 4.99 Å². The number of anilines is 2. The van der Waals surface area contributed by atoms with E-state index in [9.17, 15) is 0 Å². The standard InChI is InChI=1S/C20H15Cl2N3S/c21-15-10-12-16(13-11-15)23-19(14-6-2-1-3-7-14)25-20(26)24-18-9-5-4-8-17(18)22/h1-13H,(H2,23,24,25,26). The zero-order valence-corrected chi connectivity index (χ0v) is 15.9. The Morgan fingerprint density at radius 2 is 1.42 bits per heavy atom. The number of nitrogens with zero attached hydrogens (tertiary/aromatic N) is 1. The van der Waals surface area contributed by atoms with E-state index in [4.69, 9.17) is 35.4 Å². The monoisotopic (exact) mass is 399 g/mol. The van der Waals surface area contributed by atoms with Crippen molar-refractivity contribution in [3.8, 4) is 0 Å². The van der Waals surface area contributed by atoms with Crippen molar-refractivity contribution in [3.63, 3.8) is 0 Å². The fourth-order valence-electron chi connectivity index (χ4n) is 2.24. The molecule has 3 aromatic rings. The first-order valence-electron chi connectivity index (χ1n) is 7.84. The van der Waals surface area contributed by atoms with Gasteiger partial charge < -0.3 is 10.6 Å². The lowest BCUT2D eigenvalue weighted by atomic mass is 10.2. The summed E-state index contributed by atoms with van der Waals surface area (Å²) >= 11 is 17.5. The second kappa shape index (κ2) is 8.81. The molecule has 3 aromatic carbocycles. The molecule has 0 unspecified atom stereocenters. The molecule has 0 saturated heterocycles. The molecule has 0 aliphatic rings. The Hall–Kier alpha value is -2.40. The highest BCUT2D eigenvalue weighted by atomic mass is 35.5. The van der Waals surface area contributed by atoms with E-state index in [2.05, 4.69) is 15.6 Å². The number of hydrogen-bond acceptors (Lipinski definition) is 1. The highest BCUT2D eigenvalue weighted by molar-refractivity contribution is 7.80. The molecule has 26 heavy (non-hydrogen) atoms. The van der Waals surface area contributed by atoms with Crippen molar-refractivity contribution in [2.45, 2.75) is 0 Å². The van der Waals surface area contributed by atoms with Gasteiger partial charge in [0.15, 0.2) is 5.11 Å². The van der Waals surface area contributed by atoms with Gasteiger partial charge in [0.05, 0.1) is 10.7 Å². The molecule has 0 aliphatic carbocycles. The summed E-state index contributed by atoms with van der Waals surface area (Å²) in [6.45, 7) is 0. The van der Waals surface area contributed by atoms with Gasteiger partial charge in [0.25, 0.3) is 0 Å². The Bertz CT molecular complexity index is 925. The van der Waals surface area contributed by atoms with Gasteiger partial charge in [0, 0.05) is 16.3 Å². The van der Waals surface area contributed by atoms with Crippen LogP contribution in [0, 0.1) is 0 Å². The summed E-state index contributed by atoms with van der Waals surface area (Å²) in [5.74, 6) is 0.623. The molecule has 0 fully saturated rings. The average molecular weight is 400 g/mol. The molecule has 0 saturated carbocycles. The van der Waals surface area contributed by atoms with Gasteiger partial charge in [-0.3, -0.25) is 0 Å². The molecule has 0 bridgehead atoms. The third-order valence-corrected chi connectivity index (χ3v) is 4.26. The minimum atomic E-state index is 0.304. The maximum atomic E-state index is 6.17. The Morgan fingerprint density at radius 3 is 2.12 bits per heavy atom. The van der Waals surface area contributed by atoms with E-state index in [-0.39, 0.29) is 0 Å². The third kappa shape index (κ3) is 5.05. The first-order chi connectivity index (χ1) is 12.6. The van der Waals surface area contributed by atoms with E-state index in [0.29, 0.717) is 26.7 Å². The van der Waals surface area contributed by atoms with E-state index in [1.54, 1.807) is 6.07 Å². The quantitative estimate of drug-likeness (QED) is 0.310. The number of thiocarbonyl (C=S) groups is 1. The number of hydrogen-bond donors (Lipinski definition) is 2. The normalized spacial score (nSPS) is 11.1. The fourth-order valence-corrected chi connectivity index (χ4v) is 2.75. The molecule has 0 amide bonds. The molecule has 3 nitrogen and oxygen atoms in total. The van der Waals surface area contributed by atoms with Crippen molar-refractivity contribution >= 4 is 57.7 Å². The molecule has 130 valence electrons. The van der Waals surface area contributed by atoms with E-state index in [1.807, 2.05) is 72.8 Å². The van der Waals surface area contributed by atoms with Crippen LogP contribution in [0.15, 0.2) is 83.9 Å². The summed E-state index contributed by atoms with van der Waals surface area (Å²) in [4.78, 5) is 4.54. The van der Waals surface area contributed by atoms with Crippen LogP contribution < -0.4 is 10.6 Å². The van der Waals surface area contributed by atoms with Crippen molar-refractivity contribution in [3.05, 3.63) is 94.5 Å². The molecule has 0 radical (unpaired) electrons. The van der Waals surface area contributed by atoms with Crippen LogP contribution in [0.4, 0.5) is 11.4 Å². The molecular formula is C20H15Cl2N3S. The van der Waals surface area contributed by atoms with Gasteiger partial charge in [-0.1, -0.05) is 65.7 Å². The summed E-state index contributed by atoms with van der Waals surface area (Å²) < 4.78 is 0. The molecule has 0 spiro atoms. The van der Waals surface area contributed by atoms with Gasteiger partial charge >= 0.3 is 0 Å². The number of aliphatic imine (C=N–C) groups is 1. The second-order valence-electron chi connectivity index (χ2n) is 5.37. The highest BCUT2D eigenvalue weighted by Crippen LogP contribution is 2.21. The van der Waals surface area contributed by atoms with E-state index < -0.39 is 0 Å². The lowest BCUT2D eigenvalue weighted by Crippen LogP contribution is -2.18. The zero-order chi connectivity index (χ0) is 18.4. The van der Waals surface area contributed by atoms with Gasteiger partial charge in [-0.15, -0.1) is 0 Å². The van der Waals surface area contributed by atoms with Crippen LogP contribution >= 0.6 is 35.4 Å². The van der Waals surface area contributed by atoms with E-state index in [1.165, 1.54) is 0 Å². The van der Waals surface area contributed by atoms with Gasteiger partial charge in [-0.2, -0.15) is 0 Å². The van der Waals surface area contributed by atoms with E-state index in [0.717, 1.165) is 11.3 Å². The highest BCUT2D eigenvalue weighted by Gasteiger charge is 2.07. The maximum absolute atomic E-state index is 6.17. The second-order valence-corrected chi connectivity index (χ2v) is 6.60. The van der Waals surface area contributed by atoms with Crippen molar-refractivity contribution in [1.82, 2.24) is 0 Å². The SMILES string of the molecule is S=C(/N=C(/Nc1ccc(Cl)cc1)c1ccccc1)Nc1ccccc1Cl. The summed E-state index contributed by atoms with van der Waals surface area (Å²) in [6.07, 6.45) is 0. The van der Waals surface area contributed by atoms with Crippen molar-refractivity contribution in [2.75, 3.05) is 10.6 Å². The lowest BCUT2D eigenvalue weighted by molar-refractivity contribution is 1.52. The molecule has 0 heterocycles. The molecule has 0 atom stereocenters. The lowest BCUT2D eigenvalue weighted by Gasteiger charge is -2.12. The van der Waals surface area contributed by atoms with Crippen LogP contribution in [0.5, 0.6) is 0 Å². The fraction of sp³-hybridized carbons (Fsp3) is 0. The summed E-state index contributed by atoms with van der Waals surface area (Å²) in [6, 6.07) is 24.5. The number of halogens is 2. The minimum absolute atomic E-state index is 0.304. The van der Waals surface area contributed by atoms with Crippen molar-refractivity contribution < 1.29 is 0 Å². The van der Waals surface area contributed by atoms with E-state index >= 15 is 0 Å². The number of rotatable bonds is 3. The van der Waals surface area contributed by atoms with Gasteiger partial charge in [0.1, 0.15) is 5.84 Å². The van der Waals surface area contributed by atoms with Crippen molar-refractivity contribution in [1.29, 1.82) is 0 Å². The average Bonchev–Trinajstić information content (AvgIpc) is 2.65. The number of nitrogens with one attached hydrogen (secondary N) is 2. The van der Waals surface area contributed by atoms with Crippen LogP contribution in [0.3, 0.4) is 0 Å². The maximum Gasteiger partial charge on any atom is 0.199 e. The smallest absolute Gasteiger partial charge is 0.199 e.